The average molecular weight is 450 g/mol. The zero-order valence-electron chi connectivity index (χ0n) is 14.4. The lowest BCUT2D eigenvalue weighted by Gasteiger charge is -2.29. The van der Waals surface area contributed by atoms with Crippen molar-refractivity contribution in [3.63, 3.8) is 0 Å². The maximum Gasteiger partial charge on any atom is 0.407 e. The monoisotopic (exact) mass is 449 g/mol. The summed E-state index contributed by atoms with van der Waals surface area (Å²) in [5.41, 5.74) is -0.0587. The van der Waals surface area contributed by atoms with Crippen molar-refractivity contribution in [2.45, 2.75) is 31.3 Å². The molecular formula is C16H21BrFN3O4S. The summed E-state index contributed by atoms with van der Waals surface area (Å²) in [4.78, 5) is 13.0. The fourth-order valence-electron chi connectivity index (χ4n) is 3.61. The van der Waals surface area contributed by atoms with E-state index >= 15 is 0 Å². The summed E-state index contributed by atoms with van der Waals surface area (Å²) in [5.74, 6) is -0.455. The third-order valence-electron chi connectivity index (χ3n) is 5.29. The number of carbonyl (C=O) groups is 1. The van der Waals surface area contributed by atoms with Gasteiger partial charge in [-0.3, -0.25) is 0 Å². The molecule has 2 atom stereocenters. The molecule has 0 aromatic heterocycles. The third kappa shape index (κ3) is 3.47. The van der Waals surface area contributed by atoms with Crippen molar-refractivity contribution >= 4 is 32.2 Å². The van der Waals surface area contributed by atoms with Gasteiger partial charge in [-0.05, 0) is 46.8 Å². The Morgan fingerprint density at radius 3 is 2.65 bits per heavy atom. The van der Waals surface area contributed by atoms with Gasteiger partial charge in [0.15, 0.2) is 0 Å². The van der Waals surface area contributed by atoms with E-state index in [9.17, 15) is 22.7 Å². The highest BCUT2D eigenvalue weighted by Crippen LogP contribution is 2.55. The first kappa shape index (κ1) is 19.5. The zero-order valence-corrected chi connectivity index (χ0v) is 16.8. The Hall–Kier alpha value is -1.23. The van der Waals surface area contributed by atoms with Crippen molar-refractivity contribution in [1.82, 2.24) is 13.9 Å². The van der Waals surface area contributed by atoms with E-state index < -0.39 is 39.6 Å². The van der Waals surface area contributed by atoms with E-state index in [1.807, 2.05) is 0 Å². The molecule has 144 valence electrons. The first-order valence-electron chi connectivity index (χ1n) is 8.20. The Balaban J connectivity index is 1.96. The van der Waals surface area contributed by atoms with E-state index in [2.05, 4.69) is 20.7 Å². The Kier molecular flexibility index (Phi) is 5.06. The van der Waals surface area contributed by atoms with Crippen LogP contribution in [-0.4, -0.2) is 61.5 Å². The van der Waals surface area contributed by atoms with Gasteiger partial charge in [0.1, 0.15) is 5.82 Å². The fraction of sp³-hybridized carbons (Fsp3) is 0.562. The second kappa shape index (κ2) is 6.74. The smallest absolute Gasteiger partial charge is 0.407 e. The van der Waals surface area contributed by atoms with Crippen LogP contribution in [0.2, 0.25) is 0 Å². The van der Waals surface area contributed by atoms with Crippen LogP contribution in [0.3, 0.4) is 0 Å². The fourth-order valence-corrected chi connectivity index (χ4v) is 4.96. The lowest BCUT2D eigenvalue weighted by atomic mass is 9.92. The maximum atomic E-state index is 14.4. The minimum absolute atomic E-state index is 0.0972. The number of likely N-dealkylation sites (tertiary alicyclic amines) is 1. The maximum absolute atomic E-state index is 14.4. The molecule has 0 bridgehead atoms. The summed E-state index contributed by atoms with van der Waals surface area (Å²) < 4.78 is 43.2. The van der Waals surface area contributed by atoms with Crippen LogP contribution in [0, 0.1) is 11.2 Å². The van der Waals surface area contributed by atoms with Gasteiger partial charge in [-0.2, -0.15) is 17.4 Å². The van der Waals surface area contributed by atoms with Gasteiger partial charge >= 0.3 is 6.09 Å². The number of halogens is 2. The lowest BCUT2D eigenvalue weighted by molar-refractivity contribution is 0.136. The zero-order chi connectivity index (χ0) is 19.3. The second-order valence-corrected chi connectivity index (χ2v) is 9.91. The molecule has 1 aliphatic heterocycles. The van der Waals surface area contributed by atoms with Crippen LogP contribution in [0.5, 0.6) is 0 Å². The summed E-state index contributed by atoms with van der Waals surface area (Å²) in [7, 11) is -0.922. The molecule has 1 heterocycles. The number of nitrogens with one attached hydrogen (secondary N) is 1. The molecular weight excluding hydrogens is 429 g/mol. The average Bonchev–Trinajstić information content (AvgIpc) is 3.26. The first-order valence-corrected chi connectivity index (χ1v) is 10.4. The van der Waals surface area contributed by atoms with Crippen molar-refractivity contribution < 1.29 is 22.7 Å². The van der Waals surface area contributed by atoms with Gasteiger partial charge in [-0.25, -0.2) is 9.18 Å². The number of amides is 1. The van der Waals surface area contributed by atoms with Crippen LogP contribution in [0.4, 0.5) is 9.18 Å². The Labute approximate surface area is 160 Å². The minimum Gasteiger partial charge on any atom is -0.465 e. The lowest BCUT2D eigenvalue weighted by Crippen LogP contribution is -2.52. The molecule has 2 fully saturated rings. The normalized spacial score (nSPS) is 24.4. The van der Waals surface area contributed by atoms with Crippen molar-refractivity contribution in [3.05, 3.63) is 34.1 Å². The number of benzene rings is 1. The van der Waals surface area contributed by atoms with Gasteiger partial charge in [0, 0.05) is 26.1 Å². The topological polar surface area (TPSA) is 90.0 Å². The molecule has 2 aliphatic rings. The number of nitrogens with zero attached hydrogens (tertiary/aromatic N) is 2. The summed E-state index contributed by atoms with van der Waals surface area (Å²) in [6.45, 7) is 0.253. The SMILES string of the molecule is CN(C)S(=O)(=O)NC1[C@H](Cc2cccc(Br)c2F)N(C(=O)O)CC12CC2. The van der Waals surface area contributed by atoms with Crippen molar-refractivity contribution in [2.75, 3.05) is 20.6 Å². The molecule has 1 spiro atoms. The van der Waals surface area contributed by atoms with E-state index in [1.165, 1.54) is 19.0 Å². The van der Waals surface area contributed by atoms with E-state index in [0.29, 0.717) is 10.0 Å². The Morgan fingerprint density at radius 2 is 2.12 bits per heavy atom. The quantitative estimate of drug-likeness (QED) is 0.719. The van der Waals surface area contributed by atoms with Gasteiger partial charge in [-0.1, -0.05) is 12.1 Å². The van der Waals surface area contributed by atoms with Crippen molar-refractivity contribution in [1.29, 1.82) is 0 Å². The van der Waals surface area contributed by atoms with Crippen LogP contribution >= 0.6 is 15.9 Å². The van der Waals surface area contributed by atoms with Crippen LogP contribution in [0.15, 0.2) is 22.7 Å². The minimum atomic E-state index is -3.74. The van der Waals surface area contributed by atoms with Crippen LogP contribution in [-0.2, 0) is 16.6 Å². The van der Waals surface area contributed by atoms with Gasteiger partial charge in [-0.15, -0.1) is 0 Å². The highest BCUT2D eigenvalue weighted by atomic mass is 79.9. The van der Waals surface area contributed by atoms with Crippen molar-refractivity contribution in [3.8, 4) is 0 Å². The Bertz CT molecular complexity index is 829. The number of hydrogen-bond acceptors (Lipinski definition) is 3. The summed E-state index contributed by atoms with van der Waals surface area (Å²) in [6, 6.07) is 3.57. The van der Waals surface area contributed by atoms with E-state index in [0.717, 1.165) is 17.1 Å². The number of carboxylic acid groups (broad SMARTS) is 1. The second-order valence-electron chi connectivity index (χ2n) is 7.14. The van der Waals surface area contributed by atoms with Crippen molar-refractivity contribution in [2.24, 2.45) is 5.41 Å². The van der Waals surface area contributed by atoms with E-state index in [-0.39, 0.29) is 13.0 Å². The van der Waals surface area contributed by atoms with E-state index in [4.69, 9.17) is 0 Å². The number of rotatable bonds is 5. The van der Waals surface area contributed by atoms with Gasteiger partial charge < -0.3 is 10.0 Å². The standard InChI is InChI=1S/C16H21BrFN3O4S/c1-20(2)26(24,25)19-14-12(8-10-4-3-5-11(17)13(10)18)21(15(22)23)9-16(14)6-7-16/h3-5,12,14,19H,6-9H2,1-2H3,(H,22,23)/t12-,14?/m0/s1. The highest BCUT2D eigenvalue weighted by Gasteiger charge is 2.61. The van der Waals surface area contributed by atoms with E-state index in [1.54, 1.807) is 18.2 Å². The molecule has 26 heavy (non-hydrogen) atoms. The molecule has 1 saturated carbocycles. The largest absolute Gasteiger partial charge is 0.465 e. The molecule has 1 saturated heterocycles. The predicted molar refractivity (Wildman–Crippen MR) is 97.5 cm³/mol. The summed E-state index contributed by atoms with van der Waals surface area (Å²) >= 11 is 3.13. The molecule has 7 nitrogen and oxygen atoms in total. The van der Waals surface area contributed by atoms with Crippen LogP contribution in [0.1, 0.15) is 18.4 Å². The molecule has 0 radical (unpaired) electrons. The predicted octanol–water partition coefficient (Wildman–Crippen LogP) is 2.04. The molecule has 10 heteroatoms. The van der Waals surface area contributed by atoms with Crippen LogP contribution < -0.4 is 4.72 Å². The molecule has 1 unspecified atom stereocenters. The summed E-state index contributed by atoms with van der Waals surface area (Å²) in [5, 5.41) is 9.61. The van der Waals surface area contributed by atoms with Gasteiger partial charge in [0.05, 0.1) is 16.6 Å². The molecule has 1 amide bonds. The third-order valence-corrected chi connectivity index (χ3v) is 7.41. The molecule has 3 rings (SSSR count). The number of hydrogen-bond donors (Lipinski definition) is 2. The Morgan fingerprint density at radius 1 is 1.46 bits per heavy atom. The first-order chi connectivity index (χ1) is 12.1. The molecule has 2 N–H and O–H groups in total. The molecule has 1 aromatic carbocycles. The van der Waals surface area contributed by atoms with Gasteiger partial charge in [0.2, 0.25) is 0 Å². The van der Waals surface area contributed by atoms with Crippen LogP contribution in [0.25, 0.3) is 0 Å². The summed E-state index contributed by atoms with van der Waals surface area (Å²) in [6.07, 6.45) is 0.465. The molecule has 1 aromatic rings. The highest BCUT2D eigenvalue weighted by molar-refractivity contribution is 9.10. The van der Waals surface area contributed by atoms with Gasteiger partial charge in [0.25, 0.3) is 10.2 Å². The molecule has 1 aliphatic carbocycles.